The van der Waals surface area contributed by atoms with Crippen molar-refractivity contribution in [3.05, 3.63) is 17.8 Å². The van der Waals surface area contributed by atoms with Crippen LogP contribution in [0, 0.1) is 11.8 Å². The highest BCUT2D eigenvalue weighted by atomic mass is 16.5. The first-order chi connectivity index (χ1) is 9.02. The van der Waals surface area contributed by atoms with Crippen LogP contribution >= 0.6 is 0 Å². The van der Waals surface area contributed by atoms with E-state index in [2.05, 4.69) is 24.1 Å². The second-order valence-electron chi connectivity index (χ2n) is 5.31. The number of aromatic nitrogens is 1. The molecule has 1 aliphatic rings. The van der Waals surface area contributed by atoms with Crippen LogP contribution in [0.3, 0.4) is 0 Å². The molecule has 0 spiro atoms. The van der Waals surface area contributed by atoms with Crippen molar-refractivity contribution in [2.24, 2.45) is 11.8 Å². The Morgan fingerprint density at radius 3 is 2.79 bits per heavy atom. The first-order valence-corrected chi connectivity index (χ1v) is 6.63. The fourth-order valence-electron chi connectivity index (χ4n) is 2.59. The number of pyridine rings is 1. The van der Waals surface area contributed by atoms with Crippen LogP contribution in [0.2, 0.25) is 0 Å². The van der Waals surface area contributed by atoms with Crippen LogP contribution < -0.4 is 11.1 Å². The minimum absolute atomic E-state index is 0.338. The maximum absolute atomic E-state index is 11.6. The zero-order chi connectivity index (χ0) is 14.0. The Balaban J connectivity index is 2.15. The summed E-state index contributed by atoms with van der Waals surface area (Å²) in [5.74, 6) is 1.56. The van der Waals surface area contributed by atoms with Crippen LogP contribution in [0.4, 0.5) is 11.5 Å². The summed E-state index contributed by atoms with van der Waals surface area (Å²) in [5, 5.41) is 3.39. The summed E-state index contributed by atoms with van der Waals surface area (Å²) in [6.07, 6.45) is 3.84. The first kappa shape index (κ1) is 13.6. The summed E-state index contributed by atoms with van der Waals surface area (Å²) >= 11 is 0. The maximum atomic E-state index is 11.6. The Hall–Kier alpha value is -1.78. The number of methoxy groups -OCH3 is 1. The fourth-order valence-corrected chi connectivity index (χ4v) is 2.59. The molecule has 0 saturated heterocycles. The SMILES string of the molecule is COC(=O)c1cc(NC2CCC(C)C2C)ncc1N. The second kappa shape index (κ2) is 5.47. The number of nitrogens with zero attached hydrogens (tertiary/aromatic N) is 1. The van der Waals surface area contributed by atoms with E-state index >= 15 is 0 Å². The number of rotatable bonds is 3. The molecule has 1 aromatic rings. The predicted octanol–water partition coefficient (Wildman–Crippen LogP) is 2.30. The average molecular weight is 263 g/mol. The number of anilines is 2. The van der Waals surface area contributed by atoms with E-state index in [0.717, 1.165) is 6.42 Å². The zero-order valence-electron chi connectivity index (χ0n) is 11.6. The molecule has 0 amide bonds. The molecule has 19 heavy (non-hydrogen) atoms. The lowest BCUT2D eigenvalue weighted by molar-refractivity contribution is 0.0602. The summed E-state index contributed by atoms with van der Waals surface area (Å²) in [6, 6.07) is 2.06. The number of nitrogens with two attached hydrogens (primary N) is 1. The van der Waals surface area contributed by atoms with Crippen molar-refractivity contribution in [1.82, 2.24) is 4.98 Å². The quantitative estimate of drug-likeness (QED) is 0.818. The molecule has 1 aromatic heterocycles. The summed E-state index contributed by atoms with van der Waals surface area (Å²) in [6.45, 7) is 4.51. The Bertz CT molecular complexity index is 476. The molecular formula is C14H21N3O2. The van der Waals surface area contributed by atoms with Gasteiger partial charge in [-0.3, -0.25) is 0 Å². The molecule has 0 bridgehead atoms. The van der Waals surface area contributed by atoms with Crippen LogP contribution in [0.1, 0.15) is 37.0 Å². The highest BCUT2D eigenvalue weighted by Crippen LogP contribution is 2.33. The summed E-state index contributed by atoms with van der Waals surface area (Å²) in [7, 11) is 1.34. The normalized spacial score (nSPS) is 26.2. The number of ether oxygens (including phenoxy) is 1. The van der Waals surface area contributed by atoms with Gasteiger partial charge in [0.25, 0.3) is 0 Å². The highest BCUT2D eigenvalue weighted by Gasteiger charge is 2.29. The van der Waals surface area contributed by atoms with Crippen molar-refractivity contribution in [3.8, 4) is 0 Å². The Morgan fingerprint density at radius 2 is 2.21 bits per heavy atom. The standard InChI is InChI=1S/C14H21N3O2/c1-8-4-5-12(9(8)2)17-13-6-10(14(18)19-3)11(15)7-16-13/h6-9,12H,4-5,15H2,1-3H3,(H,16,17). The number of esters is 1. The van der Waals surface area contributed by atoms with Crippen LogP contribution in [-0.2, 0) is 4.74 Å². The molecule has 0 radical (unpaired) electrons. The minimum atomic E-state index is -0.434. The van der Waals surface area contributed by atoms with Gasteiger partial charge in [0, 0.05) is 6.04 Å². The number of hydrogen-bond acceptors (Lipinski definition) is 5. The topological polar surface area (TPSA) is 77.2 Å². The van der Waals surface area contributed by atoms with Crippen LogP contribution in [0.15, 0.2) is 12.3 Å². The molecule has 1 aliphatic carbocycles. The lowest BCUT2D eigenvalue weighted by Gasteiger charge is -2.20. The van der Waals surface area contributed by atoms with E-state index in [1.165, 1.54) is 19.7 Å². The van der Waals surface area contributed by atoms with Gasteiger partial charge in [-0.05, 0) is 30.7 Å². The summed E-state index contributed by atoms with van der Waals surface area (Å²) in [5.41, 5.74) is 6.43. The van der Waals surface area contributed by atoms with Crippen LogP contribution in [0.25, 0.3) is 0 Å². The van der Waals surface area contributed by atoms with E-state index in [1.807, 2.05) is 0 Å². The minimum Gasteiger partial charge on any atom is -0.465 e. The first-order valence-electron chi connectivity index (χ1n) is 6.63. The third-order valence-corrected chi connectivity index (χ3v) is 4.14. The number of carbonyl (C=O) groups excluding carboxylic acids is 1. The molecule has 5 heteroatoms. The van der Waals surface area contributed by atoms with Gasteiger partial charge in [0.05, 0.1) is 24.6 Å². The predicted molar refractivity (Wildman–Crippen MR) is 75.0 cm³/mol. The number of hydrogen-bond donors (Lipinski definition) is 2. The van der Waals surface area contributed by atoms with E-state index in [-0.39, 0.29) is 0 Å². The van der Waals surface area contributed by atoms with E-state index in [9.17, 15) is 4.79 Å². The van der Waals surface area contributed by atoms with E-state index in [0.29, 0.717) is 34.9 Å². The van der Waals surface area contributed by atoms with Crippen molar-refractivity contribution in [3.63, 3.8) is 0 Å². The van der Waals surface area contributed by atoms with E-state index < -0.39 is 5.97 Å². The van der Waals surface area contributed by atoms with Gasteiger partial charge in [-0.2, -0.15) is 0 Å². The molecule has 1 fully saturated rings. The monoisotopic (exact) mass is 263 g/mol. The maximum Gasteiger partial charge on any atom is 0.340 e. The number of nitrogens with one attached hydrogen (secondary N) is 1. The van der Waals surface area contributed by atoms with E-state index in [4.69, 9.17) is 10.5 Å². The lowest BCUT2D eigenvalue weighted by atomic mass is 9.98. The molecule has 2 rings (SSSR count). The van der Waals surface area contributed by atoms with Gasteiger partial charge in [-0.25, -0.2) is 9.78 Å². The molecule has 3 unspecified atom stereocenters. The van der Waals surface area contributed by atoms with Crippen LogP contribution in [-0.4, -0.2) is 24.1 Å². The van der Waals surface area contributed by atoms with Crippen molar-refractivity contribution in [2.45, 2.75) is 32.7 Å². The van der Waals surface area contributed by atoms with Crippen molar-refractivity contribution in [2.75, 3.05) is 18.2 Å². The molecule has 0 aromatic carbocycles. The second-order valence-corrected chi connectivity index (χ2v) is 5.31. The Morgan fingerprint density at radius 1 is 1.47 bits per heavy atom. The lowest BCUT2D eigenvalue weighted by Crippen LogP contribution is -2.24. The van der Waals surface area contributed by atoms with Gasteiger partial charge in [-0.1, -0.05) is 13.8 Å². The van der Waals surface area contributed by atoms with Gasteiger partial charge < -0.3 is 15.8 Å². The Labute approximate surface area is 113 Å². The van der Waals surface area contributed by atoms with E-state index in [1.54, 1.807) is 6.07 Å². The number of carbonyl (C=O) groups is 1. The average Bonchev–Trinajstić information content (AvgIpc) is 2.72. The fraction of sp³-hybridized carbons (Fsp3) is 0.571. The molecule has 3 atom stereocenters. The third-order valence-electron chi connectivity index (χ3n) is 4.14. The van der Waals surface area contributed by atoms with Gasteiger partial charge >= 0.3 is 5.97 Å². The zero-order valence-corrected chi connectivity index (χ0v) is 11.6. The summed E-state index contributed by atoms with van der Waals surface area (Å²) in [4.78, 5) is 15.8. The molecule has 5 nitrogen and oxygen atoms in total. The van der Waals surface area contributed by atoms with Crippen LogP contribution in [0.5, 0.6) is 0 Å². The van der Waals surface area contributed by atoms with Gasteiger partial charge in [0.1, 0.15) is 5.82 Å². The van der Waals surface area contributed by atoms with Crippen molar-refractivity contribution >= 4 is 17.5 Å². The number of nitrogen functional groups attached to an aromatic ring is 1. The molecule has 0 aliphatic heterocycles. The highest BCUT2D eigenvalue weighted by molar-refractivity contribution is 5.95. The van der Waals surface area contributed by atoms with Gasteiger partial charge in [0.2, 0.25) is 0 Å². The molecule has 1 saturated carbocycles. The molecule has 3 N–H and O–H groups in total. The third kappa shape index (κ3) is 2.80. The van der Waals surface area contributed by atoms with Gasteiger partial charge in [-0.15, -0.1) is 0 Å². The summed E-state index contributed by atoms with van der Waals surface area (Å²) < 4.78 is 4.71. The Kier molecular flexibility index (Phi) is 3.93. The van der Waals surface area contributed by atoms with Crippen molar-refractivity contribution in [1.29, 1.82) is 0 Å². The molecular weight excluding hydrogens is 242 g/mol. The molecule has 1 heterocycles. The van der Waals surface area contributed by atoms with Gasteiger partial charge in [0.15, 0.2) is 0 Å². The smallest absolute Gasteiger partial charge is 0.340 e. The van der Waals surface area contributed by atoms with Crippen molar-refractivity contribution < 1.29 is 9.53 Å². The molecule has 104 valence electrons. The largest absolute Gasteiger partial charge is 0.465 e.